The molecule has 1 aliphatic heterocycles. The number of methoxy groups -OCH3 is 1. The van der Waals surface area contributed by atoms with E-state index >= 15 is 0 Å². The predicted molar refractivity (Wildman–Crippen MR) is 175 cm³/mol. The molecule has 2 atom stereocenters. The van der Waals surface area contributed by atoms with Crippen LogP contribution in [0.2, 0.25) is 5.02 Å². The van der Waals surface area contributed by atoms with Gasteiger partial charge in [-0.25, -0.2) is 9.78 Å². The zero-order valence-corrected chi connectivity index (χ0v) is 26.7. The molecule has 11 nitrogen and oxygen atoms in total. The topological polar surface area (TPSA) is 131 Å². The Labute approximate surface area is 273 Å². The largest absolute Gasteiger partial charge is 0.453 e. The predicted octanol–water partition coefficient (Wildman–Crippen LogP) is 6.71. The minimum Gasteiger partial charge on any atom is -0.453 e. The first-order chi connectivity index (χ1) is 21.9. The molecule has 0 spiro atoms. The fourth-order valence-corrected chi connectivity index (χ4v) is 6.68. The molecule has 2 aromatic carbocycles. The highest BCUT2D eigenvalue weighted by Gasteiger charge is 2.45. The monoisotopic (exact) mass is 688 g/mol. The van der Waals surface area contributed by atoms with Crippen molar-refractivity contribution in [1.29, 1.82) is 0 Å². The number of aromatic amines is 1. The Morgan fingerprint density at radius 3 is 2.84 bits per heavy atom. The van der Waals surface area contributed by atoms with Crippen molar-refractivity contribution in [2.24, 2.45) is 0 Å². The summed E-state index contributed by atoms with van der Waals surface area (Å²) in [5, 5.41) is 14.7. The number of imidazole rings is 1. The molecule has 13 heteroatoms. The average molecular weight is 690 g/mol. The van der Waals surface area contributed by atoms with E-state index < -0.39 is 11.6 Å². The number of H-pyrrole nitrogens is 1. The Hall–Kier alpha value is -4.39. The molecule has 2 aromatic heterocycles. The van der Waals surface area contributed by atoms with Gasteiger partial charge in [0.2, 0.25) is 0 Å². The molecule has 4 aromatic rings. The lowest BCUT2D eigenvalue weighted by atomic mass is 9.81. The van der Waals surface area contributed by atoms with Crippen LogP contribution >= 0.6 is 27.5 Å². The number of halogens is 2. The van der Waals surface area contributed by atoms with Crippen molar-refractivity contribution in [3.63, 3.8) is 0 Å². The van der Waals surface area contributed by atoms with Crippen LogP contribution in [0.25, 0.3) is 23.0 Å². The summed E-state index contributed by atoms with van der Waals surface area (Å²) in [6.07, 6.45) is 17.5. The highest BCUT2D eigenvalue weighted by Crippen LogP contribution is 2.41. The van der Waals surface area contributed by atoms with Crippen LogP contribution in [0.15, 0.2) is 83.8 Å². The Morgan fingerprint density at radius 1 is 1.20 bits per heavy atom. The van der Waals surface area contributed by atoms with E-state index in [1.54, 1.807) is 36.5 Å². The van der Waals surface area contributed by atoms with Crippen molar-refractivity contribution in [2.75, 3.05) is 19.0 Å². The van der Waals surface area contributed by atoms with Crippen LogP contribution in [-0.4, -0.2) is 66.1 Å². The number of hydrogen-bond donors (Lipinski definition) is 2. The fourth-order valence-electron chi connectivity index (χ4n) is 5.91. The molecule has 2 aliphatic rings. The van der Waals surface area contributed by atoms with E-state index in [1.165, 1.54) is 18.1 Å². The smallest absolute Gasteiger partial charge is 0.411 e. The number of piperidine rings is 1. The zero-order valence-electron chi connectivity index (χ0n) is 24.4. The number of allylic oxidation sites excluding steroid dienone is 2. The van der Waals surface area contributed by atoms with Gasteiger partial charge in [0.25, 0.3) is 0 Å². The van der Waals surface area contributed by atoms with Gasteiger partial charge in [-0.05, 0) is 78.2 Å². The number of benzene rings is 2. The summed E-state index contributed by atoms with van der Waals surface area (Å²) >= 11 is 9.95. The number of ether oxygens (including phenoxy) is 1. The van der Waals surface area contributed by atoms with Crippen LogP contribution in [0.1, 0.15) is 43.1 Å². The van der Waals surface area contributed by atoms with Gasteiger partial charge in [0, 0.05) is 32.9 Å². The Morgan fingerprint density at radius 2 is 2.09 bits per heavy atom. The lowest BCUT2D eigenvalue weighted by molar-refractivity contribution is -0.126. The molecule has 3 heterocycles. The number of nitrogens with one attached hydrogen (secondary N) is 2. The van der Waals surface area contributed by atoms with E-state index in [1.807, 2.05) is 42.5 Å². The molecule has 0 bridgehead atoms. The molecule has 1 aliphatic carbocycles. The lowest BCUT2D eigenvalue weighted by Gasteiger charge is -2.47. The van der Waals surface area contributed by atoms with Crippen LogP contribution in [0.3, 0.4) is 0 Å². The first-order valence-electron chi connectivity index (χ1n) is 14.4. The minimum absolute atomic E-state index is 0.0409. The Bertz CT molecular complexity index is 1800. The molecular formula is C32H30BrClN8O3. The standard InChI is InChI=1S/C32H30BrClN8O3/c1-45-31(44)37-23-10-11-24(25(33)18-23)26-19-35-30(38-26)28-7-3-6-16-41(28)32(14-4-2-5-15-32)29(43)13-8-21-17-22(34)9-12-27(21)42-20-36-39-40-42/h2,4-5,8-14,17-20,28H,3,6-7,15-16H2,1H3,(H,35,38)(H,37,44). The number of carbonyl (C=O) groups is 2. The van der Waals surface area contributed by atoms with Gasteiger partial charge < -0.3 is 9.72 Å². The maximum absolute atomic E-state index is 14.3. The van der Waals surface area contributed by atoms with Gasteiger partial charge in [-0.2, -0.15) is 4.68 Å². The second kappa shape index (κ2) is 13.3. The molecule has 2 unspecified atom stereocenters. The number of carbonyl (C=O) groups excluding carboxylic acids is 2. The maximum atomic E-state index is 14.3. The molecule has 230 valence electrons. The van der Waals surface area contributed by atoms with Crippen LogP contribution in [0.5, 0.6) is 0 Å². The number of nitrogens with zero attached hydrogens (tertiary/aromatic N) is 6. The number of anilines is 1. The van der Waals surface area contributed by atoms with Crippen LogP contribution in [-0.2, 0) is 9.53 Å². The normalized spacial score (nSPS) is 20.0. The highest BCUT2D eigenvalue weighted by molar-refractivity contribution is 9.10. The third kappa shape index (κ3) is 6.39. The SMILES string of the molecule is COC(=O)Nc1ccc(-c2cnc(C3CCCCN3C3(C(=O)C=Cc4cc(Cl)ccc4-n4cnnn4)C=CC=CC3)[nH]2)c(Br)c1. The maximum Gasteiger partial charge on any atom is 0.411 e. The summed E-state index contributed by atoms with van der Waals surface area (Å²) in [7, 11) is 1.32. The first-order valence-corrected chi connectivity index (χ1v) is 15.6. The van der Waals surface area contributed by atoms with Crippen molar-refractivity contribution in [1.82, 2.24) is 35.1 Å². The van der Waals surface area contributed by atoms with Gasteiger partial charge in [-0.15, -0.1) is 5.10 Å². The molecule has 0 saturated carbocycles. The molecule has 1 saturated heterocycles. The molecule has 45 heavy (non-hydrogen) atoms. The minimum atomic E-state index is -0.890. The number of likely N-dealkylation sites (tertiary alicyclic amines) is 1. The molecule has 1 amide bonds. The van der Waals surface area contributed by atoms with Crippen LogP contribution < -0.4 is 5.32 Å². The van der Waals surface area contributed by atoms with Crippen molar-refractivity contribution in [3.05, 3.63) is 100 Å². The van der Waals surface area contributed by atoms with E-state index in [0.29, 0.717) is 22.8 Å². The fraction of sp³-hybridized carbons (Fsp3) is 0.250. The number of tetrazole rings is 1. The van der Waals surface area contributed by atoms with Gasteiger partial charge in [0.15, 0.2) is 5.78 Å². The third-order valence-electron chi connectivity index (χ3n) is 8.09. The summed E-state index contributed by atoms with van der Waals surface area (Å²) in [5.74, 6) is 0.754. The van der Waals surface area contributed by atoms with Gasteiger partial charge in [0.05, 0.1) is 30.7 Å². The van der Waals surface area contributed by atoms with E-state index in [0.717, 1.165) is 52.9 Å². The van der Waals surface area contributed by atoms with Crippen molar-refractivity contribution in [2.45, 2.75) is 37.3 Å². The van der Waals surface area contributed by atoms with Crippen molar-refractivity contribution >= 4 is 51.2 Å². The van der Waals surface area contributed by atoms with Gasteiger partial charge in [-0.3, -0.25) is 15.0 Å². The van der Waals surface area contributed by atoms with Crippen molar-refractivity contribution < 1.29 is 14.3 Å². The lowest BCUT2D eigenvalue weighted by Crippen LogP contribution is -2.56. The second-order valence-corrected chi connectivity index (χ2v) is 12.1. The van der Waals surface area contributed by atoms with Crippen LogP contribution in [0.4, 0.5) is 10.5 Å². The number of hydrogen-bond acceptors (Lipinski definition) is 8. The quantitative estimate of drug-likeness (QED) is 0.195. The number of ketones is 1. The van der Waals surface area contributed by atoms with Gasteiger partial charge in [-0.1, -0.05) is 58.3 Å². The van der Waals surface area contributed by atoms with E-state index in [4.69, 9.17) is 21.3 Å². The van der Waals surface area contributed by atoms with E-state index in [2.05, 4.69) is 46.7 Å². The Kier molecular flexibility index (Phi) is 9.06. The molecule has 0 radical (unpaired) electrons. The number of amides is 1. The molecule has 1 fully saturated rings. The first kappa shape index (κ1) is 30.6. The van der Waals surface area contributed by atoms with Crippen molar-refractivity contribution in [3.8, 4) is 16.9 Å². The summed E-state index contributed by atoms with van der Waals surface area (Å²) in [6, 6.07) is 10.8. The molecule has 2 N–H and O–H groups in total. The average Bonchev–Trinajstić information content (AvgIpc) is 3.77. The van der Waals surface area contributed by atoms with Gasteiger partial charge >= 0.3 is 6.09 Å². The van der Waals surface area contributed by atoms with E-state index in [-0.39, 0.29) is 11.8 Å². The summed E-state index contributed by atoms with van der Waals surface area (Å²) in [5.41, 5.74) is 2.85. The third-order valence-corrected chi connectivity index (χ3v) is 8.98. The molecule has 6 rings (SSSR count). The zero-order chi connectivity index (χ0) is 31.4. The Balaban J connectivity index is 1.30. The number of rotatable bonds is 8. The highest BCUT2D eigenvalue weighted by atomic mass is 79.9. The number of aromatic nitrogens is 6. The second-order valence-electron chi connectivity index (χ2n) is 10.8. The van der Waals surface area contributed by atoms with Crippen LogP contribution in [0, 0.1) is 0 Å². The summed E-state index contributed by atoms with van der Waals surface area (Å²) < 4.78 is 7.01. The van der Waals surface area contributed by atoms with E-state index in [9.17, 15) is 9.59 Å². The van der Waals surface area contributed by atoms with Gasteiger partial charge in [0.1, 0.15) is 17.7 Å². The summed E-state index contributed by atoms with van der Waals surface area (Å²) in [6.45, 7) is 0.739. The molecular weight excluding hydrogens is 660 g/mol. The summed E-state index contributed by atoms with van der Waals surface area (Å²) in [4.78, 5) is 36.5.